The van der Waals surface area contributed by atoms with Gasteiger partial charge < -0.3 is 9.73 Å². The van der Waals surface area contributed by atoms with Crippen LogP contribution in [0.4, 0.5) is 5.69 Å². The molecular weight excluding hydrogens is 346 g/mol. The van der Waals surface area contributed by atoms with E-state index in [1.807, 2.05) is 30.3 Å². The second-order valence-corrected chi connectivity index (χ2v) is 6.33. The largest absolute Gasteiger partial charge is 0.416 e. The standard InChI is InChI=1S/C17H14ClN3O2S/c18-13-7-4-8-14(10-13)19-15(22)11-24-17-21-20-16(23-17)9-12-5-2-1-3-6-12/h1-8,10H,9,11H2,(H,19,22). The van der Waals surface area contributed by atoms with Crippen molar-refractivity contribution in [2.24, 2.45) is 0 Å². The molecule has 1 N–H and O–H groups in total. The molecule has 0 fully saturated rings. The highest BCUT2D eigenvalue weighted by atomic mass is 35.5. The zero-order valence-corrected chi connectivity index (χ0v) is 14.2. The van der Waals surface area contributed by atoms with Crippen LogP contribution in [0.25, 0.3) is 0 Å². The Bertz CT molecular complexity index is 823. The fourth-order valence-corrected chi connectivity index (χ4v) is 2.80. The van der Waals surface area contributed by atoms with E-state index in [0.29, 0.717) is 28.2 Å². The van der Waals surface area contributed by atoms with Crippen LogP contribution >= 0.6 is 23.4 Å². The monoisotopic (exact) mass is 359 g/mol. The number of nitrogens with one attached hydrogen (secondary N) is 1. The van der Waals surface area contributed by atoms with Gasteiger partial charge in [-0.05, 0) is 23.8 Å². The second kappa shape index (κ2) is 7.99. The fourth-order valence-electron chi connectivity index (χ4n) is 2.03. The van der Waals surface area contributed by atoms with E-state index in [1.165, 1.54) is 11.8 Å². The smallest absolute Gasteiger partial charge is 0.277 e. The number of rotatable bonds is 6. The summed E-state index contributed by atoms with van der Waals surface area (Å²) in [5.41, 5.74) is 1.75. The lowest BCUT2D eigenvalue weighted by atomic mass is 10.2. The van der Waals surface area contributed by atoms with Crippen molar-refractivity contribution in [3.05, 3.63) is 71.1 Å². The molecule has 2 aromatic carbocycles. The number of hydrogen-bond donors (Lipinski definition) is 1. The molecule has 24 heavy (non-hydrogen) atoms. The molecule has 0 unspecified atom stereocenters. The Labute approximate surface area is 148 Å². The summed E-state index contributed by atoms with van der Waals surface area (Å²) in [5.74, 6) is 0.545. The topological polar surface area (TPSA) is 68.0 Å². The van der Waals surface area contributed by atoms with E-state index in [9.17, 15) is 4.79 Å². The molecule has 3 aromatic rings. The minimum Gasteiger partial charge on any atom is -0.416 e. The summed E-state index contributed by atoms with van der Waals surface area (Å²) >= 11 is 7.08. The molecule has 0 spiro atoms. The van der Waals surface area contributed by atoms with Crippen molar-refractivity contribution in [3.8, 4) is 0 Å². The third-order valence-corrected chi connectivity index (χ3v) is 4.14. The van der Waals surface area contributed by atoms with Crippen LogP contribution in [0.1, 0.15) is 11.5 Å². The van der Waals surface area contributed by atoms with Crippen LogP contribution in [0.5, 0.6) is 0 Å². The Morgan fingerprint density at radius 3 is 2.75 bits per heavy atom. The maximum absolute atomic E-state index is 11.9. The number of amides is 1. The molecule has 0 bridgehead atoms. The molecule has 3 rings (SSSR count). The molecule has 1 amide bonds. The molecule has 0 saturated heterocycles. The first kappa shape index (κ1) is 16.5. The van der Waals surface area contributed by atoms with Gasteiger partial charge in [0.15, 0.2) is 0 Å². The molecule has 0 saturated carbocycles. The van der Waals surface area contributed by atoms with Gasteiger partial charge in [0.1, 0.15) is 0 Å². The van der Waals surface area contributed by atoms with Gasteiger partial charge in [-0.2, -0.15) is 0 Å². The van der Waals surface area contributed by atoms with Gasteiger partial charge in [0.2, 0.25) is 11.8 Å². The number of nitrogens with zero attached hydrogens (tertiary/aromatic N) is 2. The molecule has 0 aliphatic carbocycles. The summed E-state index contributed by atoms with van der Waals surface area (Å²) in [6, 6.07) is 16.9. The Balaban J connectivity index is 1.51. The molecule has 0 aliphatic heterocycles. The van der Waals surface area contributed by atoms with Gasteiger partial charge in [-0.15, -0.1) is 10.2 Å². The van der Waals surface area contributed by atoms with Crippen LogP contribution in [0, 0.1) is 0 Å². The van der Waals surface area contributed by atoms with E-state index in [1.54, 1.807) is 24.3 Å². The molecule has 0 atom stereocenters. The third kappa shape index (κ3) is 4.84. The third-order valence-electron chi connectivity index (χ3n) is 3.08. The maximum atomic E-state index is 11.9. The number of carbonyl (C=O) groups is 1. The second-order valence-electron chi connectivity index (χ2n) is 4.97. The van der Waals surface area contributed by atoms with Crippen LogP contribution in [0.15, 0.2) is 64.2 Å². The summed E-state index contributed by atoms with van der Waals surface area (Å²) in [6.45, 7) is 0. The number of benzene rings is 2. The minimum absolute atomic E-state index is 0.162. The molecule has 0 aliphatic rings. The maximum Gasteiger partial charge on any atom is 0.277 e. The van der Waals surface area contributed by atoms with Crippen molar-refractivity contribution in [2.45, 2.75) is 11.6 Å². The zero-order valence-electron chi connectivity index (χ0n) is 12.6. The van der Waals surface area contributed by atoms with E-state index < -0.39 is 0 Å². The highest BCUT2D eigenvalue weighted by Gasteiger charge is 2.10. The molecule has 1 heterocycles. The summed E-state index contributed by atoms with van der Waals surface area (Å²) in [5, 5.41) is 11.7. The molecule has 122 valence electrons. The van der Waals surface area contributed by atoms with Crippen LogP contribution in [0.3, 0.4) is 0 Å². The number of anilines is 1. The summed E-state index contributed by atoms with van der Waals surface area (Å²) in [7, 11) is 0. The van der Waals surface area contributed by atoms with Crippen molar-refractivity contribution in [1.82, 2.24) is 10.2 Å². The van der Waals surface area contributed by atoms with Gasteiger partial charge in [-0.25, -0.2) is 0 Å². The van der Waals surface area contributed by atoms with Crippen LogP contribution in [-0.2, 0) is 11.2 Å². The highest BCUT2D eigenvalue weighted by Crippen LogP contribution is 2.19. The predicted molar refractivity (Wildman–Crippen MR) is 94.4 cm³/mol. The van der Waals surface area contributed by atoms with Gasteiger partial charge in [0, 0.05) is 10.7 Å². The number of aromatic nitrogens is 2. The van der Waals surface area contributed by atoms with E-state index >= 15 is 0 Å². The number of thioether (sulfide) groups is 1. The van der Waals surface area contributed by atoms with Crippen molar-refractivity contribution in [3.63, 3.8) is 0 Å². The average molecular weight is 360 g/mol. The van der Waals surface area contributed by atoms with Gasteiger partial charge in [0.05, 0.1) is 12.2 Å². The first-order valence-corrected chi connectivity index (χ1v) is 8.60. The van der Waals surface area contributed by atoms with Crippen LogP contribution in [-0.4, -0.2) is 21.9 Å². The van der Waals surface area contributed by atoms with Crippen LogP contribution in [0.2, 0.25) is 5.02 Å². The summed E-state index contributed by atoms with van der Waals surface area (Å²) in [4.78, 5) is 11.9. The average Bonchev–Trinajstić information content (AvgIpc) is 3.01. The number of hydrogen-bond acceptors (Lipinski definition) is 5. The molecule has 7 heteroatoms. The lowest BCUT2D eigenvalue weighted by Crippen LogP contribution is -2.13. The highest BCUT2D eigenvalue weighted by molar-refractivity contribution is 7.99. The molecule has 1 aromatic heterocycles. The van der Waals surface area contributed by atoms with Gasteiger partial charge in [-0.1, -0.05) is 59.8 Å². The Kier molecular flexibility index (Phi) is 5.51. The Morgan fingerprint density at radius 1 is 1.12 bits per heavy atom. The van der Waals surface area contributed by atoms with E-state index in [2.05, 4.69) is 15.5 Å². The first-order chi connectivity index (χ1) is 11.7. The Hall–Kier alpha value is -2.31. The molecular formula is C17H14ClN3O2S. The lowest BCUT2D eigenvalue weighted by Gasteiger charge is -2.03. The van der Waals surface area contributed by atoms with Crippen molar-refractivity contribution >= 4 is 35.0 Å². The van der Waals surface area contributed by atoms with Gasteiger partial charge >= 0.3 is 0 Å². The summed E-state index contributed by atoms with van der Waals surface area (Å²) < 4.78 is 5.55. The minimum atomic E-state index is -0.162. The summed E-state index contributed by atoms with van der Waals surface area (Å²) in [6.07, 6.45) is 0.573. The normalized spacial score (nSPS) is 10.5. The predicted octanol–water partition coefficient (Wildman–Crippen LogP) is 4.04. The molecule has 0 radical (unpaired) electrons. The van der Waals surface area contributed by atoms with Gasteiger partial charge in [-0.3, -0.25) is 4.79 Å². The number of halogens is 1. The van der Waals surface area contributed by atoms with E-state index in [4.69, 9.17) is 16.0 Å². The first-order valence-electron chi connectivity index (χ1n) is 7.23. The van der Waals surface area contributed by atoms with Crippen molar-refractivity contribution < 1.29 is 9.21 Å². The fraction of sp³-hybridized carbons (Fsp3) is 0.118. The van der Waals surface area contributed by atoms with Crippen molar-refractivity contribution in [2.75, 3.05) is 11.1 Å². The lowest BCUT2D eigenvalue weighted by molar-refractivity contribution is -0.113. The van der Waals surface area contributed by atoms with Crippen LogP contribution < -0.4 is 5.32 Å². The quantitative estimate of drug-likeness (QED) is 0.672. The Morgan fingerprint density at radius 2 is 1.96 bits per heavy atom. The van der Waals surface area contributed by atoms with Gasteiger partial charge in [0.25, 0.3) is 5.22 Å². The SMILES string of the molecule is O=C(CSc1nnc(Cc2ccccc2)o1)Nc1cccc(Cl)c1. The zero-order chi connectivity index (χ0) is 16.8. The van der Waals surface area contributed by atoms with E-state index in [0.717, 1.165) is 5.56 Å². The van der Waals surface area contributed by atoms with E-state index in [-0.39, 0.29) is 11.7 Å². The van der Waals surface area contributed by atoms with Crippen molar-refractivity contribution in [1.29, 1.82) is 0 Å². The molecule has 5 nitrogen and oxygen atoms in total. The number of carbonyl (C=O) groups excluding carboxylic acids is 1.